The summed E-state index contributed by atoms with van der Waals surface area (Å²) < 4.78 is 5.20. The molecule has 3 nitrogen and oxygen atoms in total. The Labute approximate surface area is 87.5 Å². The van der Waals surface area contributed by atoms with Crippen molar-refractivity contribution < 1.29 is 14.3 Å². The van der Waals surface area contributed by atoms with E-state index in [-0.39, 0.29) is 5.76 Å². The molecule has 78 valence electrons. The molecule has 0 unspecified atom stereocenters. The summed E-state index contributed by atoms with van der Waals surface area (Å²) in [6.07, 6.45) is 1.12. The first-order valence-corrected chi connectivity index (χ1v) is 5.71. The zero-order valence-electron chi connectivity index (χ0n) is 8.37. The Kier molecular flexibility index (Phi) is 4.07. The van der Waals surface area contributed by atoms with Gasteiger partial charge in [0, 0.05) is 5.56 Å². The van der Waals surface area contributed by atoms with Crippen molar-refractivity contribution >= 4 is 17.7 Å². The van der Waals surface area contributed by atoms with Gasteiger partial charge in [0.15, 0.2) is 0 Å². The van der Waals surface area contributed by atoms with Gasteiger partial charge in [-0.2, -0.15) is 11.8 Å². The van der Waals surface area contributed by atoms with Crippen LogP contribution in [0.5, 0.6) is 0 Å². The van der Waals surface area contributed by atoms with Gasteiger partial charge in [-0.1, -0.05) is 6.92 Å². The predicted octanol–water partition coefficient (Wildman–Crippen LogP) is 2.93. The molecule has 0 saturated heterocycles. The first-order valence-electron chi connectivity index (χ1n) is 4.55. The Bertz CT molecular complexity index is 317. The number of hydrogen-bond acceptors (Lipinski definition) is 3. The third kappa shape index (κ3) is 2.80. The maximum atomic E-state index is 10.7. The number of aryl methyl sites for hydroxylation is 1. The summed E-state index contributed by atoms with van der Waals surface area (Å²) in [6.45, 7) is 3.87. The van der Waals surface area contributed by atoms with Crippen molar-refractivity contribution in [1.82, 2.24) is 0 Å². The number of furan rings is 1. The number of carbonyl (C=O) groups is 1. The molecular weight excluding hydrogens is 200 g/mol. The summed E-state index contributed by atoms with van der Waals surface area (Å²) in [7, 11) is 0. The van der Waals surface area contributed by atoms with Gasteiger partial charge in [-0.25, -0.2) is 4.79 Å². The molecular formula is C10H14O3S. The van der Waals surface area contributed by atoms with Crippen molar-refractivity contribution in [2.45, 2.75) is 26.0 Å². The monoisotopic (exact) mass is 214 g/mol. The van der Waals surface area contributed by atoms with E-state index < -0.39 is 5.97 Å². The average molecular weight is 214 g/mol. The summed E-state index contributed by atoms with van der Waals surface area (Å²) in [5, 5.41) is 8.75. The minimum atomic E-state index is -0.991. The molecule has 1 N–H and O–H groups in total. The highest BCUT2D eigenvalue weighted by Crippen LogP contribution is 2.19. The third-order valence-corrected chi connectivity index (χ3v) is 2.94. The van der Waals surface area contributed by atoms with Crippen LogP contribution in [0, 0.1) is 6.92 Å². The van der Waals surface area contributed by atoms with E-state index in [1.807, 2.05) is 0 Å². The van der Waals surface area contributed by atoms with Gasteiger partial charge in [-0.3, -0.25) is 0 Å². The molecule has 14 heavy (non-hydrogen) atoms. The van der Waals surface area contributed by atoms with Gasteiger partial charge in [-0.15, -0.1) is 0 Å². The van der Waals surface area contributed by atoms with Crippen molar-refractivity contribution in [3.05, 3.63) is 23.2 Å². The fourth-order valence-electron chi connectivity index (χ4n) is 1.15. The summed E-state index contributed by atoms with van der Waals surface area (Å²) in [5.74, 6) is 1.65. The maximum absolute atomic E-state index is 10.7. The number of rotatable bonds is 5. The van der Waals surface area contributed by atoms with Crippen LogP contribution in [0.4, 0.5) is 0 Å². The fraction of sp³-hybridized carbons (Fsp3) is 0.500. The molecule has 1 rings (SSSR count). The van der Waals surface area contributed by atoms with Gasteiger partial charge in [0.2, 0.25) is 5.76 Å². The molecule has 0 amide bonds. The van der Waals surface area contributed by atoms with Crippen LogP contribution in [0.25, 0.3) is 0 Å². The van der Waals surface area contributed by atoms with Gasteiger partial charge in [0.1, 0.15) is 5.76 Å². The van der Waals surface area contributed by atoms with E-state index in [2.05, 4.69) is 6.92 Å². The van der Waals surface area contributed by atoms with Crippen molar-refractivity contribution in [3.8, 4) is 0 Å². The zero-order chi connectivity index (χ0) is 10.6. The van der Waals surface area contributed by atoms with Crippen molar-refractivity contribution in [3.63, 3.8) is 0 Å². The van der Waals surface area contributed by atoms with E-state index in [0.717, 1.165) is 23.7 Å². The van der Waals surface area contributed by atoms with Gasteiger partial charge >= 0.3 is 5.97 Å². The molecule has 1 aromatic heterocycles. The Morgan fingerprint density at radius 2 is 2.36 bits per heavy atom. The number of carboxylic acid groups (broad SMARTS) is 1. The minimum Gasteiger partial charge on any atom is -0.475 e. The summed E-state index contributed by atoms with van der Waals surface area (Å²) in [5.41, 5.74) is 0.699. The Balaban J connectivity index is 2.62. The molecule has 0 spiro atoms. The number of aromatic carboxylic acids is 1. The van der Waals surface area contributed by atoms with Crippen LogP contribution in [0.1, 0.15) is 35.2 Å². The van der Waals surface area contributed by atoms with E-state index >= 15 is 0 Å². The quantitative estimate of drug-likeness (QED) is 0.766. The molecule has 0 saturated carbocycles. The van der Waals surface area contributed by atoms with E-state index in [9.17, 15) is 4.79 Å². The standard InChI is InChI=1S/C10H14O3S/c1-3-4-14-6-8-5-7(2)9(13-8)10(11)12/h5H,3-4,6H2,1-2H3,(H,11,12). The normalized spacial score (nSPS) is 10.4. The summed E-state index contributed by atoms with van der Waals surface area (Å²) in [4.78, 5) is 10.7. The second-order valence-electron chi connectivity index (χ2n) is 3.08. The first kappa shape index (κ1) is 11.2. The van der Waals surface area contributed by atoms with Crippen LogP contribution >= 0.6 is 11.8 Å². The molecule has 0 aliphatic rings. The van der Waals surface area contributed by atoms with Crippen LogP contribution in [0.3, 0.4) is 0 Å². The highest BCUT2D eigenvalue weighted by Gasteiger charge is 2.13. The summed E-state index contributed by atoms with van der Waals surface area (Å²) in [6, 6.07) is 1.80. The fourth-order valence-corrected chi connectivity index (χ4v) is 1.93. The molecule has 0 aliphatic heterocycles. The molecule has 0 aromatic carbocycles. The largest absolute Gasteiger partial charge is 0.475 e. The number of carboxylic acids is 1. The molecule has 1 aromatic rings. The van der Waals surface area contributed by atoms with E-state index in [0.29, 0.717) is 5.56 Å². The van der Waals surface area contributed by atoms with Crippen molar-refractivity contribution in [2.75, 3.05) is 5.75 Å². The van der Waals surface area contributed by atoms with E-state index in [1.54, 1.807) is 24.8 Å². The first-order chi connectivity index (χ1) is 6.65. The van der Waals surface area contributed by atoms with Crippen LogP contribution in [-0.2, 0) is 5.75 Å². The van der Waals surface area contributed by atoms with Crippen LogP contribution in [-0.4, -0.2) is 16.8 Å². The highest BCUT2D eigenvalue weighted by molar-refractivity contribution is 7.98. The smallest absolute Gasteiger partial charge is 0.372 e. The van der Waals surface area contributed by atoms with Gasteiger partial charge in [0.05, 0.1) is 5.75 Å². The Morgan fingerprint density at radius 3 is 2.86 bits per heavy atom. The van der Waals surface area contributed by atoms with Crippen LogP contribution in [0.2, 0.25) is 0 Å². The van der Waals surface area contributed by atoms with Crippen molar-refractivity contribution in [2.24, 2.45) is 0 Å². The molecule has 0 aliphatic carbocycles. The summed E-state index contributed by atoms with van der Waals surface area (Å²) >= 11 is 1.75. The van der Waals surface area contributed by atoms with E-state index in [4.69, 9.17) is 9.52 Å². The lowest BCUT2D eigenvalue weighted by Gasteiger charge is -1.94. The highest BCUT2D eigenvalue weighted by atomic mass is 32.2. The number of thioether (sulfide) groups is 1. The second kappa shape index (κ2) is 5.10. The molecule has 0 atom stereocenters. The minimum absolute atomic E-state index is 0.0668. The SMILES string of the molecule is CCCSCc1cc(C)c(C(=O)O)o1. The second-order valence-corrected chi connectivity index (χ2v) is 4.19. The van der Waals surface area contributed by atoms with Gasteiger partial charge < -0.3 is 9.52 Å². The van der Waals surface area contributed by atoms with Crippen LogP contribution in [0.15, 0.2) is 10.5 Å². The molecule has 4 heteroatoms. The molecule has 0 bridgehead atoms. The van der Waals surface area contributed by atoms with Crippen molar-refractivity contribution in [1.29, 1.82) is 0 Å². The lowest BCUT2D eigenvalue weighted by molar-refractivity contribution is 0.0659. The van der Waals surface area contributed by atoms with E-state index in [1.165, 1.54) is 0 Å². The van der Waals surface area contributed by atoms with Gasteiger partial charge in [0.25, 0.3) is 0 Å². The zero-order valence-corrected chi connectivity index (χ0v) is 9.19. The maximum Gasteiger partial charge on any atom is 0.372 e. The molecule has 1 heterocycles. The lowest BCUT2D eigenvalue weighted by atomic mass is 10.3. The number of hydrogen-bond donors (Lipinski definition) is 1. The topological polar surface area (TPSA) is 50.4 Å². The Morgan fingerprint density at radius 1 is 1.64 bits per heavy atom. The average Bonchev–Trinajstić information content (AvgIpc) is 2.47. The van der Waals surface area contributed by atoms with Gasteiger partial charge in [-0.05, 0) is 25.2 Å². The molecule has 0 fully saturated rings. The lowest BCUT2D eigenvalue weighted by Crippen LogP contribution is -1.94. The van der Waals surface area contributed by atoms with Crippen LogP contribution < -0.4 is 0 Å². The third-order valence-electron chi connectivity index (χ3n) is 1.76. The predicted molar refractivity (Wildman–Crippen MR) is 56.9 cm³/mol. The Hall–Kier alpha value is -0.900. The molecule has 0 radical (unpaired) electrons.